The Balaban J connectivity index is 2.30. The van der Waals surface area contributed by atoms with Crippen molar-refractivity contribution in [3.05, 3.63) is 0 Å². The molecule has 0 bridgehead atoms. The summed E-state index contributed by atoms with van der Waals surface area (Å²) in [5.74, 6) is 0. The van der Waals surface area contributed by atoms with Crippen molar-refractivity contribution < 1.29 is 31.3 Å². The van der Waals surface area contributed by atoms with Gasteiger partial charge in [-0.1, -0.05) is 39.0 Å². The van der Waals surface area contributed by atoms with Crippen LogP contribution in [0.4, 0.5) is 0 Å². The SMILES string of the molecule is [2H]C(CCCCC)CCOC1O[C@H](CO)[C@@H](O)[C@H](O)[C@H]1O. The first-order valence-corrected chi connectivity index (χ1v) is 7.35. The zero-order valence-corrected chi connectivity index (χ0v) is 12.0. The van der Waals surface area contributed by atoms with Crippen LogP contribution in [0.3, 0.4) is 0 Å². The smallest absolute Gasteiger partial charge is 0.186 e. The van der Waals surface area contributed by atoms with Gasteiger partial charge in [0, 0.05) is 7.98 Å². The summed E-state index contributed by atoms with van der Waals surface area (Å²) in [7, 11) is 0. The molecule has 1 rings (SSSR count). The third kappa shape index (κ3) is 5.27. The van der Waals surface area contributed by atoms with E-state index in [0.717, 1.165) is 25.7 Å². The molecule has 1 heterocycles. The van der Waals surface area contributed by atoms with Gasteiger partial charge in [-0.05, 0) is 6.42 Å². The summed E-state index contributed by atoms with van der Waals surface area (Å²) in [6.45, 7) is 1.87. The van der Waals surface area contributed by atoms with E-state index in [-0.39, 0.29) is 13.0 Å². The Morgan fingerprint density at radius 1 is 1.05 bits per heavy atom. The van der Waals surface area contributed by atoms with Crippen molar-refractivity contribution >= 4 is 0 Å². The number of aliphatic hydroxyl groups is 4. The Bertz CT molecular complexity index is 278. The molecule has 0 aromatic heterocycles. The van der Waals surface area contributed by atoms with Gasteiger partial charge in [0.1, 0.15) is 24.4 Å². The molecule has 120 valence electrons. The Morgan fingerprint density at radius 3 is 2.45 bits per heavy atom. The molecule has 0 radical (unpaired) electrons. The molecule has 1 aliphatic rings. The minimum Gasteiger partial charge on any atom is -0.394 e. The van der Waals surface area contributed by atoms with Gasteiger partial charge in [0.05, 0.1) is 6.61 Å². The Kier molecular flexibility index (Phi) is 7.79. The molecule has 0 saturated carbocycles. The molecule has 6 nitrogen and oxygen atoms in total. The van der Waals surface area contributed by atoms with Crippen molar-refractivity contribution in [2.45, 2.75) is 76.1 Å². The van der Waals surface area contributed by atoms with Gasteiger partial charge in [0.25, 0.3) is 0 Å². The average molecular weight is 293 g/mol. The van der Waals surface area contributed by atoms with Crippen molar-refractivity contribution in [2.24, 2.45) is 0 Å². The van der Waals surface area contributed by atoms with Crippen LogP contribution in [-0.2, 0) is 9.47 Å². The van der Waals surface area contributed by atoms with Gasteiger partial charge in [-0.2, -0.15) is 0 Å². The third-order valence-electron chi connectivity index (χ3n) is 3.46. The number of rotatable bonds is 9. The molecule has 0 amide bonds. The van der Waals surface area contributed by atoms with Gasteiger partial charge < -0.3 is 29.9 Å². The monoisotopic (exact) mass is 293 g/mol. The lowest BCUT2D eigenvalue weighted by Crippen LogP contribution is -2.59. The van der Waals surface area contributed by atoms with E-state index < -0.39 is 37.3 Å². The highest BCUT2D eigenvalue weighted by Crippen LogP contribution is 2.22. The lowest BCUT2D eigenvalue weighted by atomic mass is 9.99. The zero-order chi connectivity index (χ0) is 15.8. The summed E-state index contributed by atoms with van der Waals surface area (Å²) >= 11 is 0. The van der Waals surface area contributed by atoms with Crippen LogP contribution in [0.1, 0.15) is 46.8 Å². The summed E-state index contributed by atoms with van der Waals surface area (Å²) in [5, 5.41) is 38.1. The lowest BCUT2D eigenvalue weighted by molar-refractivity contribution is -0.301. The molecule has 20 heavy (non-hydrogen) atoms. The van der Waals surface area contributed by atoms with Crippen LogP contribution in [0.5, 0.6) is 0 Å². The summed E-state index contributed by atoms with van der Waals surface area (Å²) in [6, 6.07) is 0. The molecule has 2 unspecified atom stereocenters. The molecule has 0 aromatic rings. The minimum absolute atomic E-state index is 0.221. The first-order valence-electron chi connectivity index (χ1n) is 7.93. The minimum atomic E-state index is -1.42. The predicted molar refractivity (Wildman–Crippen MR) is 73.1 cm³/mol. The summed E-state index contributed by atoms with van der Waals surface area (Å²) in [5.41, 5.74) is 0. The summed E-state index contributed by atoms with van der Waals surface area (Å²) < 4.78 is 18.4. The molecule has 4 N–H and O–H groups in total. The number of unbranched alkanes of at least 4 members (excludes halogenated alkanes) is 2. The fourth-order valence-electron chi connectivity index (χ4n) is 2.16. The highest BCUT2D eigenvalue weighted by atomic mass is 16.7. The third-order valence-corrected chi connectivity index (χ3v) is 3.46. The molecule has 6 heteroatoms. The zero-order valence-electron chi connectivity index (χ0n) is 13.0. The van der Waals surface area contributed by atoms with Gasteiger partial charge in [-0.25, -0.2) is 0 Å². The highest BCUT2D eigenvalue weighted by molar-refractivity contribution is 4.88. The molecule has 0 spiro atoms. The van der Waals surface area contributed by atoms with Crippen molar-refractivity contribution in [3.63, 3.8) is 0 Å². The summed E-state index contributed by atoms with van der Waals surface area (Å²) in [6.07, 6.45) is -1.85. The van der Waals surface area contributed by atoms with Crippen LogP contribution in [0.15, 0.2) is 0 Å². The van der Waals surface area contributed by atoms with E-state index in [0.29, 0.717) is 6.42 Å². The Hall–Kier alpha value is -0.240. The molecule has 1 fully saturated rings. The van der Waals surface area contributed by atoms with Crippen LogP contribution in [-0.4, -0.2) is 64.3 Å². The number of aliphatic hydroxyl groups excluding tert-OH is 4. The van der Waals surface area contributed by atoms with Gasteiger partial charge in [-0.3, -0.25) is 0 Å². The maximum absolute atomic E-state index is 9.77. The van der Waals surface area contributed by atoms with Crippen LogP contribution in [0, 0.1) is 0 Å². The maximum atomic E-state index is 9.77. The van der Waals surface area contributed by atoms with E-state index >= 15 is 0 Å². The Labute approximate surface area is 121 Å². The molecule has 0 aromatic carbocycles. The average Bonchev–Trinajstić information content (AvgIpc) is 2.47. The number of ether oxygens (including phenoxy) is 2. The standard InChI is InChI=1S/C14H28O6/c1-2-3-4-5-6-7-8-19-14-13(18)12(17)11(16)10(9-15)20-14/h10-18H,2-9H2,1H3/t10-,11-,12+,13-,14?/m1/s1/i6D/t6?,10-,11-,12+,13-,14?. The first kappa shape index (κ1) is 16.1. The highest BCUT2D eigenvalue weighted by Gasteiger charge is 2.43. The van der Waals surface area contributed by atoms with E-state index in [1.165, 1.54) is 0 Å². The van der Waals surface area contributed by atoms with E-state index in [9.17, 15) is 15.3 Å². The quantitative estimate of drug-likeness (QED) is 0.452. The second-order valence-electron chi connectivity index (χ2n) is 5.14. The normalized spacial score (nSPS) is 36.6. The maximum Gasteiger partial charge on any atom is 0.186 e. The second kappa shape index (κ2) is 9.65. The molecular formula is C14H28O6. The van der Waals surface area contributed by atoms with E-state index in [4.69, 9.17) is 16.0 Å². The largest absolute Gasteiger partial charge is 0.394 e. The molecular weight excluding hydrogens is 264 g/mol. The van der Waals surface area contributed by atoms with Crippen LogP contribution in [0.2, 0.25) is 0 Å². The van der Waals surface area contributed by atoms with E-state index in [1.54, 1.807) is 0 Å². The molecule has 1 saturated heterocycles. The fraction of sp³-hybridized carbons (Fsp3) is 1.00. The van der Waals surface area contributed by atoms with Crippen molar-refractivity contribution in [3.8, 4) is 0 Å². The molecule has 6 atom stereocenters. The van der Waals surface area contributed by atoms with Gasteiger partial charge in [0.2, 0.25) is 0 Å². The summed E-state index contributed by atoms with van der Waals surface area (Å²) in [4.78, 5) is 0. The van der Waals surface area contributed by atoms with Crippen LogP contribution >= 0.6 is 0 Å². The second-order valence-corrected chi connectivity index (χ2v) is 5.14. The number of hydrogen-bond donors (Lipinski definition) is 4. The van der Waals surface area contributed by atoms with Gasteiger partial charge in [-0.15, -0.1) is 0 Å². The lowest BCUT2D eigenvalue weighted by Gasteiger charge is -2.39. The predicted octanol–water partition coefficient (Wildman–Crippen LogP) is 0.163. The molecule has 1 aliphatic heterocycles. The van der Waals surface area contributed by atoms with E-state index in [2.05, 4.69) is 6.92 Å². The molecule has 0 aliphatic carbocycles. The van der Waals surface area contributed by atoms with E-state index in [1.807, 2.05) is 0 Å². The van der Waals surface area contributed by atoms with Crippen molar-refractivity contribution in [1.82, 2.24) is 0 Å². The van der Waals surface area contributed by atoms with Crippen LogP contribution in [0.25, 0.3) is 0 Å². The first-order chi connectivity index (χ1) is 10.0. The topological polar surface area (TPSA) is 99.4 Å². The van der Waals surface area contributed by atoms with Crippen molar-refractivity contribution in [1.29, 1.82) is 0 Å². The Morgan fingerprint density at radius 2 is 1.80 bits per heavy atom. The van der Waals surface area contributed by atoms with Gasteiger partial charge in [0.15, 0.2) is 6.29 Å². The van der Waals surface area contributed by atoms with Crippen molar-refractivity contribution in [2.75, 3.05) is 13.2 Å². The van der Waals surface area contributed by atoms with Gasteiger partial charge >= 0.3 is 0 Å². The fourth-order valence-corrected chi connectivity index (χ4v) is 2.16. The van der Waals surface area contributed by atoms with Crippen LogP contribution < -0.4 is 0 Å². The number of hydrogen-bond acceptors (Lipinski definition) is 6.